The average Bonchev–Trinajstić information content (AvgIpc) is 2.28. The number of carboxylic acid groups (broad SMARTS) is 1. The molecule has 17 heavy (non-hydrogen) atoms. The van der Waals surface area contributed by atoms with Crippen LogP contribution in [0.25, 0.3) is 10.8 Å². The highest BCUT2D eigenvalue weighted by Crippen LogP contribution is 2.26. The number of carboxylic acids is 1. The van der Waals surface area contributed by atoms with Gasteiger partial charge in [-0.1, -0.05) is 42.5 Å². The van der Waals surface area contributed by atoms with Gasteiger partial charge < -0.3 is 5.11 Å². The summed E-state index contributed by atoms with van der Waals surface area (Å²) in [5.74, 6) is -2.54. The maximum absolute atomic E-state index is 11.4. The molecule has 1 atom stereocenters. The molecule has 0 bridgehead atoms. The molecule has 2 rings (SSSR count). The molecule has 3 heteroatoms. The molecular formula is C14H12O3. The molecule has 86 valence electrons. The summed E-state index contributed by atoms with van der Waals surface area (Å²) >= 11 is 0. The lowest BCUT2D eigenvalue weighted by Crippen LogP contribution is -2.19. The van der Waals surface area contributed by atoms with Crippen LogP contribution >= 0.6 is 0 Å². The van der Waals surface area contributed by atoms with Crippen molar-refractivity contribution in [3.8, 4) is 0 Å². The molecule has 0 saturated carbocycles. The summed E-state index contributed by atoms with van der Waals surface area (Å²) in [6, 6.07) is 12.8. The molecule has 0 amide bonds. The van der Waals surface area contributed by atoms with Gasteiger partial charge in [0.05, 0.1) is 0 Å². The molecule has 2 aromatic rings. The molecular weight excluding hydrogens is 216 g/mol. The van der Waals surface area contributed by atoms with Crippen LogP contribution in [0.4, 0.5) is 0 Å². The Bertz CT molecular complexity index is 568. The molecule has 0 heterocycles. The molecule has 0 aromatic heterocycles. The van der Waals surface area contributed by atoms with Gasteiger partial charge in [-0.15, -0.1) is 0 Å². The van der Waals surface area contributed by atoms with E-state index in [4.69, 9.17) is 5.11 Å². The fraction of sp³-hybridized carbons (Fsp3) is 0.143. The number of rotatable bonds is 3. The van der Waals surface area contributed by atoms with Crippen LogP contribution in [0.1, 0.15) is 18.4 Å². The van der Waals surface area contributed by atoms with E-state index in [1.807, 2.05) is 30.3 Å². The minimum Gasteiger partial charge on any atom is -0.480 e. The monoisotopic (exact) mass is 228 g/mol. The third-order valence-corrected chi connectivity index (χ3v) is 2.79. The van der Waals surface area contributed by atoms with Gasteiger partial charge in [-0.3, -0.25) is 9.59 Å². The summed E-state index contributed by atoms with van der Waals surface area (Å²) in [4.78, 5) is 22.6. The van der Waals surface area contributed by atoms with Crippen LogP contribution in [-0.4, -0.2) is 16.9 Å². The first-order chi connectivity index (χ1) is 8.11. The second kappa shape index (κ2) is 4.37. The van der Waals surface area contributed by atoms with E-state index in [2.05, 4.69) is 0 Å². The fourth-order valence-corrected chi connectivity index (χ4v) is 2.03. The molecule has 1 N–H and O–H groups in total. The summed E-state index contributed by atoms with van der Waals surface area (Å²) in [7, 11) is 0. The second-order valence-corrected chi connectivity index (χ2v) is 3.95. The van der Waals surface area contributed by atoms with Crippen LogP contribution in [0.3, 0.4) is 0 Å². The van der Waals surface area contributed by atoms with E-state index in [9.17, 15) is 9.59 Å². The number of hydrogen-bond donors (Lipinski definition) is 1. The Hall–Kier alpha value is -2.16. The summed E-state index contributed by atoms with van der Waals surface area (Å²) < 4.78 is 0. The van der Waals surface area contributed by atoms with E-state index in [0.29, 0.717) is 5.56 Å². The normalized spacial score (nSPS) is 12.3. The van der Waals surface area contributed by atoms with Gasteiger partial charge in [-0.05, 0) is 23.3 Å². The third-order valence-electron chi connectivity index (χ3n) is 2.79. The molecule has 1 unspecified atom stereocenters. The lowest BCUT2D eigenvalue weighted by atomic mass is 9.91. The second-order valence-electron chi connectivity index (χ2n) is 3.95. The van der Waals surface area contributed by atoms with Crippen molar-refractivity contribution in [2.75, 3.05) is 0 Å². The van der Waals surface area contributed by atoms with Crippen molar-refractivity contribution >= 4 is 22.5 Å². The Labute approximate surface area is 98.7 Å². The van der Waals surface area contributed by atoms with Gasteiger partial charge in [-0.25, -0.2) is 0 Å². The highest BCUT2D eigenvalue weighted by Gasteiger charge is 2.26. The molecule has 0 radical (unpaired) electrons. The highest BCUT2D eigenvalue weighted by molar-refractivity contribution is 6.06. The van der Waals surface area contributed by atoms with Gasteiger partial charge in [0.1, 0.15) is 11.7 Å². The van der Waals surface area contributed by atoms with E-state index in [-0.39, 0.29) is 5.78 Å². The Morgan fingerprint density at radius 1 is 1.06 bits per heavy atom. The number of benzene rings is 2. The predicted octanol–water partition coefficient (Wildman–Crippen LogP) is 2.60. The lowest BCUT2D eigenvalue weighted by molar-refractivity contribution is -0.142. The largest absolute Gasteiger partial charge is 0.480 e. The quantitative estimate of drug-likeness (QED) is 0.821. The Kier molecular flexibility index (Phi) is 2.91. The van der Waals surface area contributed by atoms with E-state index < -0.39 is 11.9 Å². The summed E-state index contributed by atoms with van der Waals surface area (Å²) in [6.45, 7) is 1.31. The molecule has 0 spiro atoms. The molecule has 0 fully saturated rings. The maximum atomic E-state index is 11.4. The van der Waals surface area contributed by atoms with Crippen LogP contribution in [0, 0.1) is 0 Å². The van der Waals surface area contributed by atoms with Crippen molar-refractivity contribution in [1.82, 2.24) is 0 Å². The molecule has 0 saturated heterocycles. The number of ketones is 1. The van der Waals surface area contributed by atoms with Gasteiger partial charge >= 0.3 is 5.97 Å². The smallest absolute Gasteiger partial charge is 0.318 e. The molecule has 0 aliphatic carbocycles. The van der Waals surface area contributed by atoms with Crippen LogP contribution in [0.5, 0.6) is 0 Å². The zero-order valence-corrected chi connectivity index (χ0v) is 9.38. The number of carbonyl (C=O) groups excluding carboxylic acids is 1. The zero-order chi connectivity index (χ0) is 12.4. The maximum Gasteiger partial charge on any atom is 0.318 e. The number of Topliss-reactive ketones (excluding diaryl/α,β-unsaturated/α-hetero) is 1. The lowest BCUT2D eigenvalue weighted by Gasteiger charge is -2.12. The van der Waals surface area contributed by atoms with Gasteiger partial charge in [0.2, 0.25) is 0 Å². The number of fused-ring (bicyclic) bond motifs is 1. The van der Waals surface area contributed by atoms with Crippen molar-refractivity contribution < 1.29 is 14.7 Å². The van der Waals surface area contributed by atoms with Crippen LogP contribution in [0.15, 0.2) is 42.5 Å². The van der Waals surface area contributed by atoms with Crippen molar-refractivity contribution in [2.24, 2.45) is 0 Å². The first-order valence-electron chi connectivity index (χ1n) is 5.32. The van der Waals surface area contributed by atoms with Crippen molar-refractivity contribution in [2.45, 2.75) is 12.8 Å². The minimum absolute atomic E-state index is 0.353. The van der Waals surface area contributed by atoms with Crippen LogP contribution in [-0.2, 0) is 9.59 Å². The third kappa shape index (κ3) is 2.04. The molecule has 2 aromatic carbocycles. The zero-order valence-electron chi connectivity index (χ0n) is 9.38. The minimum atomic E-state index is -1.10. The topological polar surface area (TPSA) is 54.4 Å². The Morgan fingerprint density at radius 2 is 1.71 bits per heavy atom. The highest BCUT2D eigenvalue weighted by atomic mass is 16.4. The van der Waals surface area contributed by atoms with E-state index in [1.165, 1.54) is 6.92 Å². The number of carbonyl (C=O) groups is 2. The van der Waals surface area contributed by atoms with Crippen molar-refractivity contribution in [1.29, 1.82) is 0 Å². The fourth-order valence-electron chi connectivity index (χ4n) is 2.03. The predicted molar refractivity (Wildman–Crippen MR) is 65.0 cm³/mol. The standard InChI is InChI=1S/C14H12O3/c1-9(15)13(14(16)17)12-8-4-6-10-5-2-3-7-11(10)12/h2-8,13H,1H3,(H,16,17). The average molecular weight is 228 g/mol. The SMILES string of the molecule is CC(=O)C(C(=O)O)c1cccc2ccccc12. The number of hydrogen-bond acceptors (Lipinski definition) is 2. The van der Waals surface area contributed by atoms with Gasteiger partial charge in [0.15, 0.2) is 0 Å². The Morgan fingerprint density at radius 3 is 2.35 bits per heavy atom. The van der Waals surface area contributed by atoms with Crippen molar-refractivity contribution in [3.05, 3.63) is 48.0 Å². The van der Waals surface area contributed by atoms with Gasteiger partial charge in [0, 0.05) is 0 Å². The Balaban J connectivity index is 2.69. The molecule has 0 aliphatic rings. The first-order valence-corrected chi connectivity index (χ1v) is 5.32. The van der Waals surface area contributed by atoms with E-state index >= 15 is 0 Å². The van der Waals surface area contributed by atoms with Gasteiger partial charge in [0.25, 0.3) is 0 Å². The molecule has 0 aliphatic heterocycles. The summed E-state index contributed by atoms with van der Waals surface area (Å²) in [6.07, 6.45) is 0. The van der Waals surface area contributed by atoms with E-state index in [0.717, 1.165) is 10.8 Å². The van der Waals surface area contributed by atoms with Crippen LogP contribution < -0.4 is 0 Å². The van der Waals surface area contributed by atoms with Crippen molar-refractivity contribution in [3.63, 3.8) is 0 Å². The summed E-state index contributed by atoms with van der Waals surface area (Å²) in [5.41, 5.74) is 0.558. The van der Waals surface area contributed by atoms with Crippen LogP contribution in [0.2, 0.25) is 0 Å². The van der Waals surface area contributed by atoms with Gasteiger partial charge in [-0.2, -0.15) is 0 Å². The molecule has 3 nitrogen and oxygen atoms in total. The summed E-state index contributed by atoms with van der Waals surface area (Å²) in [5, 5.41) is 10.9. The number of aliphatic carboxylic acids is 1. The van der Waals surface area contributed by atoms with E-state index in [1.54, 1.807) is 12.1 Å². The first kappa shape index (κ1) is 11.3.